The summed E-state index contributed by atoms with van der Waals surface area (Å²) in [7, 11) is 0. The van der Waals surface area contributed by atoms with Crippen molar-refractivity contribution in [2.75, 3.05) is 19.7 Å². The molecule has 2 aliphatic heterocycles. The zero-order valence-corrected chi connectivity index (χ0v) is 20.0. The highest BCUT2D eigenvalue weighted by Gasteiger charge is 2.48. The van der Waals surface area contributed by atoms with E-state index in [2.05, 4.69) is 15.4 Å². The van der Waals surface area contributed by atoms with Gasteiger partial charge < -0.3 is 20.6 Å². The number of carbonyl (C=O) groups is 4. The third-order valence-electron chi connectivity index (χ3n) is 7.12. The Morgan fingerprint density at radius 2 is 1.94 bits per heavy atom. The number of aliphatic hydroxyl groups is 1. The number of carbonyl (C=O) groups excluding carboxylic acids is 4. The lowest BCUT2D eigenvalue weighted by molar-refractivity contribution is -0.321. The number of aliphatic hydroxyl groups excluding tert-OH is 1. The maximum atomic E-state index is 13.4. The molecule has 3 fully saturated rings. The number of nitrogens with zero attached hydrogens (tertiary/aromatic N) is 1. The number of hydrogen-bond donors (Lipinski definition) is 3. The first kappa shape index (κ1) is 27.4. The fourth-order valence-corrected chi connectivity index (χ4v) is 5.47. The number of ketones is 1. The van der Waals surface area contributed by atoms with Crippen LogP contribution in [-0.4, -0.2) is 77.8 Å². The van der Waals surface area contributed by atoms with Crippen LogP contribution in [0.15, 0.2) is 0 Å². The average Bonchev–Trinajstić information content (AvgIpc) is 3.34. The van der Waals surface area contributed by atoms with Crippen LogP contribution in [0, 0.1) is 23.7 Å². The van der Waals surface area contributed by atoms with Crippen LogP contribution < -0.4 is 10.6 Å². The number of ether oxygens (including phenoxy) is 1. The number of piperidine rings is 1. The molecule has 0 unspecified atom stereocenters. The fourth-order valence-electron chi connectivity index (χ4n) is 5.47. The van der Waals surface area contributed by atoms with E-state index in [4.69, 9.17) is 0 Å². The fraction of sp³-hybridized carbons (Fsp3) is 0.826. The van der Waals surface area contributed by atoms with Gasteiger partial charge in [-0.15, -0.1) is 13.2 Å². The number of likely N-dealkylation sites (tertiary alicyclic amines) is 1. The molecule has 2 heterocycles. The van der Waals surface area contributed by atoms with Crippen molar-refractivity contribution in [2.24, 2.45) is 23.7 Å². The summed E-state index contributed by atoms with van der Waals surface area (Å²) in [6.07, 6.45) is -3.62. The van der Waals surface area contributed by atoms with E-state index < -0.39 is 54.7 Å². The van der Waals surface area contributed by atoms with Gasteiger partial charge in [0, 0.05) is 19.0 Å². The molecule has 12 heteroatoms. The molecule has 3 N–H and O–H groups in total. The van der Waals surface area contributed by atoms with E-state index in [-0.39, 0.29) is 36.5 Å². The number of fused-ring (bicyclic) bond motifs is 2. The molecule has 35 heavy (non-hydrogen) atoms. The Balaban J connectivity index is 1.77. The Morgan fingerprint density at radius 3 is 2.54 bits per heavy atom. The van der Waals surface area contributed by atoms with E-state index in [1.165, 1.54) is 4.90 Å². The Hall–Kier alpha value is -2.21. The molecule has 2 bridgehead atoms. The van der Waals surface area contributed by atoms with Crippen LogP contribution in [0.5, 0.6) is 0 Å². The van der Waals surface area contributed by atoms with Crippen molar-refractivity contribution in [1.82, 2.24) is 15.5 Å². The van der Waals surface area contributed by atoms with Gasteiger partial charge in [-0.25, -0.2) is 0 Å². The lowest BCUT2D eigenvalue weighted by Crippen LogP contribution is -2.60. The minimum atomic E-state index is -5.02. The van der Waals surface area contributed by atoms with Crippen LogP contribution in [0.1, 0.15) is 52.4 Å². The van der Waals surface area contributed by atoms with Crippen LogP contribution >= 0.6 is 0 Å². The molecule has 1 aliphatic carbocycles. The van der Waals surface area contributed by atoms with Gasteiger partial charge >= 0.3 is 6.36 Å². The van der Waals surface area contributed by atoms with E-state index in [1.807, 2.05) is 13.8 Å². The summed E-state index contributed by atoms with van der Waals surface area (Å²) in [5.74, 6) is -3.12. The van der Waals surface area contributed by atoms with Gasteiger partial charge in [-0.3, -0.25) is 23.9 Å². The van der Waals surface area contributed by atoms with Crippen LogP contribution in [0.4, 0.5) is 13.2 Å². The minimum Gasteiger partial charge on any atom is -0.383 e. The first-order valence-electron chi connectivity index (χ1n) is 12.2. The van der Waals surface area contributed by atoms with Crippen LogP contribution in [0.3, 0.4) is 0 Å². The molecule has 9 nitrogen and oxygen atoms in total. The van der Waals surface area contributed by atoms with E-state index in [9.17, 15) is 37.5 Å². The largest absolute Gasteiger partial charge is 0.522 e. The van der Waals surface area contributed by atoms with Crippen LogP contribution in [0.2, 0.25) is 0 Å². The van der Waals surface area contributed by atoms with Gasteiger partial charge in [0.2, 0.25) is 11.8 Å². The molecular formula is C23H34F3N3O6. The molecule has 198 valence electrons. The summed E-state index contributed by atoms with van der Waals surface area (Å²) in [4.78, 5) is 52.5. The summed E-state index contributed by atoms with van der Waals surface area (Å²) in [5, 5.41) is 15.6. The Kier molecular flexibility index (Phi) is 8.79. The first-order chi connectivity index (χ1) is 16.4. The van der Waals surface area contributed by atoms with Gasteiger partial charge in [0.15, 0.2) is 5.78 Å². The molecule has 0 aromatic carbocycles. The van der Waals surface area contributed by atoms with Crippen LogP contribution in [-0.2, 0) is 23.9 Å². The van der Waals surface area contributed by atoms with Crippen molar-refractivity contribution in [1.29, 1.82) is 0 Å². The maximum Gasteiger partial charge on any atom is 0.522 e. The zero-order valence-electron chi connectivity index (χ0n) is 20.0. The topological polar surface area (TPSA) is 125 Å². The summed E-state index contributed by atoms with van der Waals surface area (Å²) < 4.78 is 41.2. The quantitative estimate of drug-likeness (QED) is 0.409. The summed E-state index contributed by atoms with van der Waals surface area (Å²) in [6, 6.07) is -2.32. The second-order valence-corrected chi connectivity index (χ2v) is 10.3. The molecule has 3 amide bonds. The minimum absolute atomic E-state index is 0.0518. The van der Waals surface area contributed by atoms with Gasteiger partial charge in [-0.1, -0.05) is 13.8 Å². The van der Waals surface area contributed by atoms with E-state index >= 15 is 0 Å². The Morgan fingerprint density at radius 1 is 1.23 bits per heavy atom. The smallest absolute Gasteiger partial charge is 0.383 e. The third-order valence-corrected chi connectivity index (χ3v) is 7.12. The molecule has 2 saturated heterocycles. The summed E-state index contributed by atoms with van der Waals surface area (Å²) in [5.41, 5.74) is 0. The highest BCUT2D eigenvalue weighted by atomic mass is 19.4. The maximum absolute atomic E-state index is 13.4. The van der Waals surface area contributed by atoms with Gasteiger partial charge in [0.25, 0.3) is 5.91 Å². The summed E-state index contributed by atoms with van der Waals surface area (Å²) >= 11 is 0. The Labute approximate surface area is 202 Å². The van der Waals surface area contributed by atoms with Crippen molar-refractivity contribution < 1.29 is 42.2 Å². The lowest BCUT2D eigenvalue weighted by atomic mass is 9.88. The number of hydrogen-bond acceptors (Lipinski definition) is 6. The molecular weight excluding hydrogens is 471 g/mol. The number of alkyl halides is 3. The highest BCUT2D eigenvalue weighted by molar-refractivity contribution is 5.94. The molecule has 0 radical (unpaired) electrons. The predicted molar refractivity (Wildman–Crippen MR) is 116 cm³/mol. The first-order valence-corrected chi connectivity index (χ1v) is 12.2. The predicted octanol–water partition coefficient (Wildman–Crippen LogP) is 1.14. The van der Waals surface area contributed by atoms with Crippen molar-refractivity contribution in [3.63, 3.8) is 0 Å². The second-order valence-electron chi connectivity index (χ2n) is 10.3. The van der Waals surface area contributed by atoms with E-state index in [1.54, 1.807) is 0 Å². The van der Waals surface area contributed by atoms with Crippen molar-refractivity contribution in [3.05, 3.63) is 0 Å². The number of Topliss-reactive ketones (excluding diaryl/α,β-unsaturated/α-hetero) is 1. The van der Waals surface area contributed by atoms with Gasteiger partial charge in [0.05, 0.1) is 6.04 Å². The van der Waals surface area contributed by atoms with Crippen molar-refractivity contribution in [3.8, 4) is 0 Å². The number of rotatable bonds is 10. The van der Waals surface area contributed by atoms with Crippen molar-refractivity contribution in [2.45, 2.75) is 76.9 Å². The van der Waals surface area contributed by atoms with E-state index in [0.29, 0.717) is 32.4 Å². The molecule has 1 saturated carbocycles. The zero-order chi connectivity index (χ0) is 25.9. The second kappa shape index (κ2) is 11.2. The number of nitrogens with one attached hydrogen (secondary N) is 2. The normalized spacial score (nSPS) is 28.1. The number of amides is 3. The lowest BCUT2D eigenvalue weighted by Gasteiger charge is -2.40. The molecule has 0 aromatic heterocycles. The standard InChI is InChI=1S/C23H34F3N3O6/c1-12(2)7-17(30)22(34)29-10-13-3-4-14(8-13)19(29)21(33)28-16(9-15-5-6-27-20(15)32)18(31)11-35-23(24,25)26/h12-17,19,30H,3-11H2,1-2H3,(H,27,32)(H,28,33)/t13-,14+,15-,16-,17+,19-/m0/s1. The number of halogens is 3. The van der Waals surface area contributed by atoms with Gasteiger partial charge in [-0.2, -0.15) is 0 Å². The highest BCUT2D eigenvalue weighted by Crippen LogP contribution is 2.41. The molecule has 3 rings (SSSR count). The van der Waals surface area contributed by atoms with E-state index in [0.717, 1.165) is 6.42 Å². The third kappa shape index (κ3) is 7.16. The molecule has 0 aromatic rings. The molecule has 0 spiro atoms. The van der Waals surface area contributed by atoms with Crippen LogP contribution in [0.25, 0.3) is 0 Å². The Bertz CT molecular complexity index is 821. The molecule has 3 aliphatic rings. The summed E-state index contributed by atoms with van der Waals surface area (Å²) in [6.45, 7) is 3.09. The molecule has 6 atom stereocenters. The average molecular weight is 506 g/mol. The monoisotopic (exact) mass is 505 g/mol. The van der Waals surface area contributed by atoms with Crippen molar-refractivity contribution >= 4 is 23.5 Å². The SMILES string of the molecule is CC(C)C[C@@H](O)C(=O)N1C[C@H]2CC[C@H](C2)[C@H]1C(=O)N[C@@H](C[C@@H]1CCNC1=O)C(=O)COC(F)(F)F. The van der Waals surface area contributed by atoms with Gasteiger partial charge in [-0.05, 0) is 56.3 Å². The van der Waals surface area contributed by atoms with Gasteiger partial charge in [0.1, 0.15) is 18.8 Å².